The molecular formula is C16H25N5O. The maximum Gasteiger partial charge on any atom is 0.101 e. The zero-order valence-electron chi connectivity index (χ0n) is 13.8. The van der Waals surface area contributed by atoms with Crippen molar-refractivity contribution in [2.45, 2.75) is 51.9 Å². The van der Waals surface area contributed by atoms with Crippen LogP contribution in [0.1, 0.15) is 36.4 Å². The standard InChI is InChI=1S/C16H25N5O/c1-11(10-21-8-5-7-17-21)18-14-6-9-22-16(14)15-12(2)19-20(4)13(15)3/h5,7-8,11,14,16,18H,6,9-10H2,1-4H3/t11-,14+,16+/m1/s1. The van der Waals surface area contributed by atoms with Crippen LogP contribution < -0.4 is 5.32 Å². The van der Waals surface area contributed by atoms with Gasteiger partial charge in [-0.3, -0.25) is 9.36 Å². The van der Waals surface area contributed by atoms with E-state index < -0.39 is 0 Å². The van der Waals surface area contributed by atoms with E-state index in [1.807, 2.05) is 34.9 Å². The van der Waals surface area contributed by atoms with Crippen molar-refractivity contribution in [1.82, 2.24) is 24.9 Å². The van der Waals surface area contributed by atoms with Crippen molar-refractivity contribution in [1.29, 1.82) is 0 Å². The maximum atomic E-state index is 6.02. The van der Waals surface area contributed by atoms with Crippen molar-refractivity contribution in [3.63, 3.8) is 0 Å². The third-order valence-electron chi connectivity index (χ3n) is 4.46. The largest absolute Gasteiger partial charge is 0.372 e. The SMILES string of the molecule is Cc1nn(C)c(C)c1[C@H]1OCC[C@@H]1N[C@H](C)Cn1cccn1. The lowest BCUT2D eigenvalue weighted by molar-refractivity contribution is 0.0951. The Morgan fingerprint density at radius 3 is 2.91 bits per heavy atom. The minimum Gasteiger partial charge on any atom is -0.372 e. The van der Waals surface area contributed by atoms with Gasteiger partial charge in [0.1, 0.15) is 6.10 Å². The summed E-state index contributed by atoms with van der Waals surface area (Å²) in [4.78, 5) is 0. The molecular weight excluding hydrogens is 278 g/mol. The fourth-order valence-corrected chi connectivity index (χ4v) is 3.35. The third kappa shape index (κ3) is 2.94. The van der Waals surface area contributed by atoms with E-state index in [9.17, 15) is 0 Å². The van der Waals surface area contributed by atoms with Gasteiger partial charge in [-0.2, -0.15) is 10.2 Å². The highest BCUT2D eigenvalue weighted by Crippen LogP contribution is 2.33. The van der Waals surface area contributed by atoms with E-state index in [-0.39, 0.29) is 6.10 Å². The molecule has 0 spiro atoms. The van der Waals surface area contributed by atoms with Crippen molar-refractivity contribution < 1.29 is 4.74 Å². The maximum absolute atomic E-state index is 6.02. The van der Waals surface area contributed by atoms with E-state index in [0.29, 0.717) is 12.1 Å². The van der Waals surface area contributed by atoms with Crippen LogP contribution in [0.3, 0.4) is 0 Å². The Kier molecular flexibility index (Phi) is 4.31. The predicted molar refractivity (Wildman–Crippen MR) is 84.6 cm³/mol. The van der Waals surface area contributed by atoms with Crippen LogP contribution in [0.5, 0.6) is 0 Å². The lowest BCUT2D eigenvalue weighted by Crippen LogP contribution is -2.40. The highest BCUT2D eigenvalue weighted by Gasteiger charge is 2.34. The van der Waals surface area contributed by atoms with Gasteiger partial charge in [-0.1, -0.05) is 0 Å². The zero-order chi connectivity index (χ0) is 15.7. The van der Waals surface area contributed by atoms with E-state index in [4.69, 9.17) is 4.74 Å². The van der Waals surface area contributed by atoms with Crippen molar-refractivity contribution in [2.75, 3.05) is 6.61 Å². The summed E-state index contributed by atoms with van der Waals surface area (Å²) >= 11 is 0. The Hall–Kier alpha value is -1.66. The molecule has 1 saturated heterocycles. The summed E-state index contributed by atoms with van der Waals surface area (Å²) in [6.45, 7) is 8.03. The average Bonchev–Trinajstić information content (AvgIpc) is 3.15. The highest BCUT2D eigenvalue weighted by molar-refractivity contribution is 5.29. The fraction of sp³-hybridized carbons (Fsp3) is 0.625. The first-order chi connectivity index (χ1) is 10.6. The van der Waals surface area contributed by atoms with E-state index in [2.05, 4.69) is 36.3 Å². The Morgan fingerprint density at radius 2 is 2.27 bits per heavy atom. The molecule has 0 unspecified atom stereocenters. The van der Waals surface area contributed by atoms with Crippen molar-refractivity contribution in [2.24, 2.45) is 7.05 Å². The van der Waals surface area contributed by atoms with Gasteiger partial charge in [0.05, 0.1) is 12.2 Å². The Labute approximate surface area is 131 Å². The first-order valence-corrected chi connectivity index (χ1v) is 7.91. The first-order valence-electron chi connectivity index (χ1n) is 7.91. The number of ether oxygens (including phenoxy) is 1. The zero-order valence-corrected chi connectivity index (χ0v) is 13.8. The van der Waals surface area contributed by atoms with Gasteiger partial charge in [0.2, 0.25) is 0 Å². The van der Waals surface area contributed by atoms with Crippen LogP contribution in [0.15, 0.2) is 18.5 Å². The van der Waals surface area contributed by atoms with E-state index in [1.165, 1.54) is 11.3 Å². The summed E-state index contributed by atoms with van der Waals surface area (Å²) < 4.78 is 9.93. The molecule has 1 N–H and O–H groups in total. The molecule has 3 rings (SSSR count). The van der Waals surface area contributed by atoms with Gasteiger partial charge in [0.25, 0.3) is 0 Å². The molecule has 0 saturated carbocycles. The van der Waals surface area contributed by atoms with Gasteiger partial charge in [0, 0.05) is 49.4 Å². The van der Waals surface area contributed by atoms with E-state index in [0.717, 1.165) is 25.3 Å². The summed E-state index contributed by atoms with van der Waals surface area (Å²) in [6, 6.07) is 2.62. The molecule has 0 amide bonds. The van der Waals surface area contributed by atoms with Gasteiger partial charge in [-0.15, -0.1) is 0 Å². The first kappa shape index (κ1) is 15.2. The molecule has 0 aromatic carbocycles. The topological polar surface area (TPSA) is 56.9 Å². The Bertz CT molecular complexity index is 619. The molecule has 6 nitrogen and oxygen atoms in total. The Balaban J connectivity index is 1.70. The second-order valence-corrected chi connectivity index (χ2v) is 6.19. The highest BCUT2D eigenvalue weighted by atomic mass is 16.5. The van der Waals surface area contributed by atoms with Crippen LogP contribution in [0.2, 0.25) is 0 Å². The van der Waals surface area contributed by atoms with Crippen LogP contribution in [0, 0.1) is 13.8 Å². The smallest absolute Gasteiger partial charge is 0.101 e. The van der Waals surface area contributed by atoms with Gasteiger partial charge < -0.3 is 10.1 Å². The second kappa shape index (κ2) is 6.22. The molecule has 0 bridgehead atoms. The van der Waals surface area contributed by atoms with Crippen molar-refractivity contribution in [3.05, 3.63) is 35.4 Å². The number of hydrogen-bond donors (Lipinski definition) is 1. The lowest BCUT2D eigenvalue weighted by Gasteiger charge is -2.24. The molecule has 2 aromatic rings. The number of hydrogen-bond acceptors (Lipinski definition) is 4. The normalized spacial score (nSPS) is 23.1. The van der Waals surface area contributed by atoms with Gasteiger partial charge in [-0.05, 0) is 33.3 Å². The van der Waals surface area contributed by atoms with Crippen LogP contribution >= 0.6 is 0 Å². The molecule has 1 aliphatic heterocycles. The molecule has 6 heteroatoms. The monoisotopic (exact) mass is 303 g/mol. The molecule has 0 aliphatic carbocycles. The summed E-state index contributed by atoms with van der Waals surface area (Å²) in [6.07, 6.45) is 4.93. The van der Waals surface area contributed by atoms with E-state index in [1.54, 1.807) is 0 Å². The predicted octanol–water partition coefficient (Wildman–Crippen LogP) is 1.74. The van der Waals surface area contributed by atoms with Crippen LogP contribution in [-0.4, -0.2) is 38.3 Å². The van der Waals surface area contributed by atoms with Crippen LogP contribution in [0.4, 0.5) is 0 Å². The van der Waals surface area contributed by atoms with E-state index >= 15 is 0 Å². The number of nitrogens with zero attached hydrogens (tertiary/aromatic N) is 4. The number of rotatable bonds is 5. The lowest BCUT2D eigenvalue weighted by atomic mass is 9.99. The summed E-state index contributed by atoms with van der Waals surface area (Å²) in [5.41, 5.74) is 3.50. The average molecular weight is 303 g/mol. The molecule has 22 heavy (non-hydrogen) atoms. The summed E-state index contributed by atoms with van der Waals surface area (Å²) in [7, 11) is 1.99. The molecule has 0 radical (unpaired) electrons. The van der Waals surface area contributed by atoms with Gasteiger partial charge >= 0.3 is 0 Å². The number of aromatic nitrogens is 4. The summed E-state index contributed by atoms with van der Waals surface area (Å²) in [5, 5.41) is 12.5. The molecule has 3 atom stereocenters. The van der Waals surface area contributed by atoms with Crippen LogP contribution in [-0.2, 0) is 18.3 Å². The second-order valence-electron chi connectivity index (χ2n) is 6.19. The summed E-state index contributed by atoms with van der Waals surface area (Å²) in [5.74, 6) is 0. The number of nitrogens with one attached hydrogen (secondary N) is 1. The molecule has 1 fully saturated rings. The van der Waals surface area contributed by atoms with Gasteiger partial charge in [-0.25, -0.2) is 0 Å². The van der Waals surface area contributed by atoms with Crippen molar-refractivity contribution in [3.8, 4) is 0 Å². The molecule has 2 aromatic heterocycles. The van der Waals surface area contributed by atoms with Gasteiger partial charge in [0.15, 0.2) is 0 Å². The Morgan fingerprint density at radius 1 is 1.45 bits per heavy atom. The molecule has 120 valence electrons. The molecule has 1 aliphatic rings. The van der Waals surface area contributed by atoms with Crippen LogP contribution in [0.25, 0.3) is 0 Å². The molecule has 3 heterocycles. The minimum atomic E-state index is 0.0915. The van der Waals surface area contributed by atoms with Crippen molar-refractivity contribution >= 4 is 0 Å². The quantitative estimate of drug-likeness (QED) is 0.914. The third-order valence-corrected chi connectivity index (χ3v) is 4.46. The number of aryl methyl sites for hydroxylation is 2. The fourth-order valence-electron chi connectivity index (χ4n) is 3.35. The minimum absolute atomic E-state index is 0.0915.